The van der Waals surface area contributed by atoms with Crippen molar-refractivity contribution >= 4 is 5.91 Å². The summed E-state index contributed by atoms with van der Waals surface area (Å²) in [6.07, 6.45) is 4.90. The number of hydrogen-bond donors (Lipinski definition) is 0. The van der Waals surface area contributed by atoms with E-state index in [1.807, 2.05) is 41.1 Å². The van der Waals surface area contributed by atoms with Crippen molar-refractivity contribution in [3.63, 3.8) is 0 Å². The number of aromatic nitrogens is 3. The Bertz CT molecular complexity index is 928. The average Bonchev–Trinajstić information content (AvgIpc) is 3.03. The summed E-state index contributed by atoms with van der Waals surface area (Å²) in [6, 6.07) is 12.2. The van der Waals surface area contributed by atoms with Crippen LogP contribution in [0.5, 0.6) is 5.88 Å². The van der Waals surface area contributed by atoms with Gasteiger partial charge in [-0.2, -0.15) is 0 Å². The van der Waals surface area contributed by atoms with Gasteiger partial charge in [0.25, 0.3) is 5.88 Å². The van der Waals surface area contributed by atoms with Crippen molar-refractivity contribution < 1.29 is 13.9 Å². The summed E-state index contributed by atoms with van der Waals surface area (Å²) in [5, 5.41) is 0. The van der Waals surface area contributed by atoms with Crippen LogP contribution in [-0.2, 0) is 24.3 Å². The van der Waals surface area contributed by atoms with Gasteiger partial charge in [-0.15, -0.1) is 0 Å². The third kappa shape index (κ3) is 3.97. The number of ether oxygens (including phenoxy) is 1. The fourth-order valence-corrected chi connectivity index (χ4v) is 3.20. The number of carbonyl (C=O) groups is 1. The van der Waals surface area contributed by atoms with E-state index in [4.69, 9.17) is 4.74 Å². The number of carbonyl (C=O) groups excluding carboxylic acids is 1. The van der Waals surface area contributed by atoms with Crippen molar-refractivity contribution in [3.8, 4) is 5.88 Å². The molecule has 1 amide bonds. The molecule has 6 nitrogen and oxygen atoms in total. The number of amides is 1. The molecule has 0 saturated carbocycles. The van der Waals surface area contributed by atoms with E-state index in [-0.39, 0.29) is 18.2 Å². The zero-order chi connectivity index (χ0) is 18.6. The molecule has 1 aliphatic rings. The van der Waals surface area contributed by atoms with Gasteiger partial charge >= 0.3 is 0 Å². The maximum Gasteiger partial charge on any atom is 0.250 e. The lowest BCUT2D eigenvalue weighted by Crippen LogP contribution is -2.39. The van der Waals surface area contributed by atoms with Crippen LogP contribution in [0.4, 0.5) is 4.39 Å². The Balaban J connectivity index is 1.55. The quantitative estimate of drug-likeness (QED) is 0.712. The molecule has 7 heteroatoms. The summed E-state index contributed by atoms with van der Waals surface area (Å²) in [5.74, 6) is -0.602. The normalized spacial score (nSPS) is 16.5. The minimum atomic E-state index is -0.513. The second-order valence-electron chi connectivity index (χ2n) is 6.45. The molecule has 4 heterocycles. The molecule has 1 aliphatic heterocycles. The van der Waals surface area contributed by atoms with E-state index in [1.54, 1.807) is 11.1 Å². The van der Waals surface area contributed by atoms with Crippen LogP contribution in [-0.4, -0.2) is 38.0 Å². The number of fused-ring (bicyclic) bond motifs is 1. The van der Waals surface area contributed by atoms with Gasteiger partial charge < -0.3 is 14.2 Å². The van der Waals surface area contributed by atoms with Gasteiger partial charge in [0.2, 0.25) is 5.91 Å². The van der Waals surface area contributed by atoms with Gasteiger partial charge in [0.1, 0.15) is 6.10 Å². The molecule has 27 heavy (non-hydrogen) atoms. The lowest BCUT2D eigenvalue weighted by atomic mass is 10.2. The molecule has 0 unspecified atom stereocenters. The first-order valence-electron chi connectivity index (χ1n) is 8.78. The first-order chi connectivity index (χ1) is 13.2. The molecule has 1 atom stereocenters. The molecule has 4 rings (SSSR count). The van der Waals surface area contributed by atoms with Crippen LogP contribution >= 0.6 is 0 Å². The predicted molar refractivity (Wildman–Crippen MR) is 96.4 cm³/mol. The zero-order valence-electron chi connectivity index (χ0n) is 14.7. The topological polar surface area (TPSA) is 60.2 Å². The molecule has 3 aromatic heterocycles. The van der Waals surface area contributed by atoms with Crippen molar-refractivity contribution in [1.29, 1.82) is 0 Å². The maximum absolute atomic E-state index is 13.9. The molecular formula is C20H19FN4O2. The molecule has 0 saturated heterocycles. The van der Waals surface area contributed by atoms with Crippen molar-refractivity contribution in [3.05, 3.63) is 78.3 Å². The maximum atomic E-state index is 13.9. The molecule has 0 aromatic carbocycles. The molecule has 0 bridgehead atoms. The Morgan fingerprint density at radius 3 is 2.81 bits per heavy atom. The third-order valence-electron chi connectivity index (χ3n) is 4.51. The van der Waals surface area contributed by atoms with Gasteiger partial charge in [0.15, 0.2) is 5.82 Å². The fourth-order valence-electron chi connectivity index (χ4n) is 3.20. The van der Waals surface area contributed by atoms with E-state index < -0.39 is 11.9 Å². The van der Waals surface area contributed by atoms with Crippen LogP contribution in [0.25, 0.3) is 0 Å². The van der Waals surface area contributed by atoms with Crippen LogP contribution in [0.1, 0.15) is 11.4 Å². The summed E-state index contributed by atoms with van der Waals surface area (Å²) in [6.45, 7) is 1.35. The summed E-state index contributed by atoms with van der Waals surface area (Å²) in [4.78, 5) is 22.8. The second-order valence-corrected chi connectivity index (χ2v) is 6.45. The number of nitrogens with zero attached hydrogens (tertiary/aromatic N) is 4. The minimum Gasteiger partial charge on any atom is -0.468 e. The van der Waals surface area contributed by atoms with Crippen molar-refractivity contribution in [2.75, 3.05) is 6.54 Å². The summed E-state index contributed by atoms with van der Waals surface area (Å²) in [7, 11) is 0. The summed E-state index contributed by atoms with van der Waals surface area (Å²) < 4.78 is 21.8. The van der Waals surface area contributed by atoms with Crippen LogP contribution in [0.2, 0.25) is 0 Å². The third-order valence-corrected chi connectivity index (χ3v) is 4.51. The van der Waals surface area contributed by atoms with E-state index in [1.165, 1.54) is 18.3 Å². The molecule has 0 aliphatic carbocycles. The van der Waals surface area contributed by atoms with Gasteiger partial charge in [-0.25, -0.2) is 9.37 Å². The van der Waals surface area contributed by atoms with Gasteiger partial charge in [-0.3, -0.25) is 9.78 Å². The lowest BCUT2D eigenvalue weighted by molar-refractivity contribution is -0.132. The smallest absolute Gasteiger partial charge is 0.250 e. The molecule has 138 valence electrons. The Labute approximate surface area is 156 Å². The van der Waals surface area contributed by atoms with Crippen LogP contribution in [0.15, 0.2) is 61.1 Å². The van der Waals surface area contributed by atoms with Gasteiger partial charge in [0, 0.05) is 30.0 Å². The van der Waals surface area contributed by atoms with E-state index in [0.717, 1.165) is 11.4 Å². The fraction of sp³-hybridized carbons (Fsp3) is 0.250. The Hall–Kier alpha value is -3.22. The Morgan fingerprint density at radius 2 is 2.00 bits per heavy atom. The minimum absolute atomic E-state index is 0.0431. The Kier molecular flexibility index (Phi) is 4.82. The molecule has 0 N–H and O–H groups in total. The van der Waals surface area contributed by atoms with Crippen molar-refractivity contribution in [2.24, 2.45) is 0 Å². The molecule has 3 aromatic rings. The molecular weight excluding hydrogens is 347 g/mol. The molecule has 0 spiro atoms. The average molecular weight is 366 g/mol. The summed E-state index contributed by atoms with van der Waals surface area (Å²) in [5.41, 5.74) is 1.73. The summed E-state index contributed by atoms with van der Waals surface area (Å²) >= 11 is 0. The SMILES string of the molecule is O=C(Cc1ccccn1)N1Cc2cccn2C[C@H](Oc2ncccc2F)C1. The highest BCUT2D eigenvalue weighted by molar-refractivity contribution is 5.78. The lowest BCUT2D eigenvalue weighted by Gasteiger charge is -2.24. The van der Waals surface area contributed by atoms with E-state index in [9.17, 15) is 9.18 Å². The molecule has 0 fully saturated rings. The highest BCUT2D eigenvalue weighted by Gasteiger charge is 2.27. The van der Waals surface area contributed by atoms with Gasteiger partial charge in [-0.1, -0.05) is 6.07 Å². The number of halogens is 1. The first kappa shape index (κ1) is 17.2. The number of pyridine rings is 2. The monoisotopic (exact) mass is 366 g/mol. The van der Waals surface area contributed by atoms with Crippen molar-refractivity contribution in [1.82, 2.24) is 19.4 Å². The number of rotatable bonds is 4. The Morgan fingerprint density at radius 1 is 1.11 bits per heavy atom. The van der Waals surface area contributed by atoms with Gasteiger partial charge in [-0.05, 0) is 36.4 Å². The standard InChI is InChI=1S/C20H19FN4O2/c21-18-7-3-9-23-20(18)27-17-13-24-10-4-6-16(24)12-25(14-17)19(26)11-15-5-1-2-8-22-15/h1-10,17H,11-14H2/t17-/m0/s1. The largest absolute Gasteiger partial charge is 0.468 e. The van der Waals surface area contributed by atoms with Crippen LogP contribution in [0, 0.1) is 5.82 Å². The first-order valence-corrected chi connectivity index (χ1v) is 8.78. The number of hydrogen-bond acceptors (Lipinski definition) is 4. The van der Waals surface area contributed by atoms with Gasteiger partial charge in [0.05, 0.1) is 26.1 Å². The van der Waals surface area contributed by atoms with Crippen molar-refractivity contribution in [2.45, 2.75) is 25.6 Å². The van der Waals surface area contributed by atoms with E-state index in [2.05, 4.69) is 9.97 Å². The van der Waals surface area contributed by atoms with E-state index in [0.29, 0.717) is 19.6 Å². The van der Waals surface area contributed by atoms with Crippen LogP contribution < -0.4 is 4.74 Å². The highest BCUT2D eigenvalue weighted by Crippen LogP contribution is 2.20. The predicted octanol–water partition coefficient (Wildman–Crippen LogP) is 2.45. The highest BCUT2D eigenvalue weighted by atomic mass is 19.1. The zero-order valence-corrected chi connectivity index (χ0v) is 14.7. The van der Waals surface area contributed by atoms with E-state index >= 15 is 0 Å². The van der Waals surface area contributed by atoms with Crippen LogP contribution in [0.3, 0.4) is 0 Å². The second kappa shape index (κ2) is 7.57. The molecule has 0 radical (unpaired) electrons.